The molecular weight excluding hydrogens is 543 g/mol. The zero-order valence-corrected chi connectivity index (χ0v) is 25.5. The van der Waals surface area contributed by atoms with Gasteiger partial charge < -0.3 is 33.8 Å². The van der Waals surface area contributed by atoms with Crippen LogP contribution in [0.25, 0.3) is 0 Å². The summed E-state index contributed by atoms with van der Waals surface area (Å²) in [5, 5.41) is 14.8. The summed E-state index contributed by atoms with van der Waals surface area (Å²) in [5.74, 6) is -1.79. The van der Waals surface area contributed by atoms with Gasteiger partial charge in [0.25, 0.3) is 0 Å². The number of carboxylic acid groups (broad SMARTS) is 1. The molecule has 0 aromatic carbocycles. The molecule has 0 aliphatic carbocycles. The molecule has 240 valence electrons. The minimum Gasteiger partial charge on any atom is -0.478 e. The standard InChI is InChI=1S/C8H17O3P.C6H10O2.C5H8O2.C4H6O2.C2H4O.CH4O.2CH4/c1-4-11-8(9)7-12(10,5-2)6-3;1-3-5-6(7)8-4-2;1-3-4-5(6)7-2;1-2-3-4(5)6;1-2-3;1-2;;/h4-7H2,1-3H3;3,5H,4H2,1-2H3;3-4H,1-2H3;2-3H,1H3,(H,5,6);2H,1H3;2H,1H3;2*1H4/b;5-3+;4-3+;3-2+;;;;. The summed E-state index contributed by atoms with van der Waals surface area (Å²) in [4.78, 5) is 49.7. The molecular formula is C28H57O11P. The predicted octanol–water partition coefficient (Wildman–Crippen LogP) is 5.55. The molecule has 0 saturated heterocycles. The molecule has 0 aromatic heterocycles. The number of aldehydes is 1. The maximum atomic E-state index is 11.7. The minimum absolute atomic E-state index is 0. The molecule has 0 atom stereocenters. The van der Waals surface area contributed by atoms with Gasteiger partial charge in [-0.2, -0.15) is 0 Å². The van der Waals surface area contributed by atoms with Crippen molar-refractivity contribution in [3.8, 4) is 0 Å². The molecule has 0 spiro atoms. The van der Waals surface area contributed by atoms with E-state index in [4.69, 9.17) is 19.7 Å². The quantitative estimate of drug-likeness (QED) is 0.112. The third-order valence-corrected chi connectivity index (χ3v) is 6.42. The third kappa shape index (κ3) is 64.7. The van der Waals surface area contributed by atoms with Gasteiger partial charge in [0.1, 0.15) is 6.29 Å². The van der Waals surface area contributed by atoms with Crippen LogP contribution in [0.3, 0.4) is 0 Å². The summed E-state index contributed by atoms with van der Waals surface area (Å²) >= 11 is 0. The topological polar surface area (TPSA) is 171 Å². The van der Waals surface area contributed by atoms with Gasteiger partial charge in [0, 0.05) is 25.3 Å². The smallest absolute Gasteiger partial charge is 0.330 e. The number of hydrogen-bond acceptors (Lipinski definition) is 10. The number of carboxylic acids is 1. The number of carbonyl (C=O) groups excluding carboxylic acids is 4. The summed E-state index contributed by atoms with van der Waals surface area (Å²) in [6, 6.07) is 0. The van der Waals surface area contributed by atoms with Gasteiger partial charge in [-0.15, -0.1) is 0 Å². The molecule has 0 saturated carbocycles. The van der Waals surface area contributed by atoms with Crippen LogP contribution in [0.5, 0.6) is 0 Å². The van der Waals surface area contributed by atoms with Crippen molar-refractivity contribution in [2.75, 3.05) is 45.9 Å². The van der Waals surface area contributed by atoms with E-state index < -0.39 is 13.1 Å². The van der Waals surface area contributed by atoms with Gasteiger partial charge in [-0.05, 0) is 53.9 Å². The first-order chi connectivity index (χ1) is 17.9. The monoisotopic (exact) mass is 600 g/mol. The number of methoxy groups -OCH3 is 1. The van der Waals surface area contributed by atoms with E-state index in [1.807, 2.05) is 13.8 Å². The first kappa shape index (κ1) is 57.0. The van der Waals surface area contributed by atoms with Crippen molar-refractivity contribution >= 4 is 37.3 Å². The van der Waals surface area contributed by atoms with E-state index >= 15 is 0 Å². The number of ether oxygens (including phenoxy) is 3. The summed E-state index contributed by atoms with van der Waals surface area (Å²) in [7, 11) is 0.108. The Bertz CT molecular complexity index is 705. The lowest BCUT2D eigenvalue weighted by atomic mass is 10.5. The second-order valence-electron chi connectivity index (χ2n) is 6.00. The van der Waals surface area contributed by atoms with Crippen LogP contribution in [-0.2, 0) is 42.7 Å². The molecule has 0 bridgehead atoms. The van der Waals surface area contributed by atoms with E-state index in [1.165, 1.54) is 32.3 Å². The molecule has 0 unspecified atom stereocenters. The van der Waals surface area contributed by atoms with E-state index in [9.17, 15) is 23.7 Å². The fourth-order valence-corrected chi connectivity index (χ4v) is 3.02. The number of rotatable bonds is 9. The van der Waals surface area contributed by atoms with Crippen LogP contribution in [0, 0.1) is 0 Å². The Labute approximate surface area is 243 Å². The van der Waals surface area contributed by atoms with Crippen LogP contribution in [0.1, 0.15) is 70.2 Å². The van der Waals surface area contributed by atoms with E-state index in [-0.39, 0.29) is 38.9 Å². The molecule has 0 aromatic rings. The Hall–Kier alpha value is -3.04. The highest BCUT2D eigenvalue weighted by molar-refractivity contribution is 7.64. The average molecular weight is 601 g/mol. The third-order valence-electron chi connectivity index (χ3n) is 3.28. The Morgan fingerprint density at radius 3 is 1.27 bits per heavy atom. The molecule has 0 radical (unpaired) electrons. The number of esters is 3. The molecule has 2 N–H and O–H groups in total. The number of allylic oxidation sites excluding steroid dienone is 3. The van der Waals surface area contributed by atoms with Crippen LogP contribution >= 0.6 is 7.14 Å². The lowest BCUT2D eigenvalue weighted by Gasteiger charge is -2.12. The highest BCUT2D eigenvalue weighted by Crippen LogP contribution is 2.44. The summed E-state index contributed by atoms with van der Waals surface area (Å²) in [5.41, 5.74) is 0. The second kappa shape index (κ2) is 49.0. The second-order valence-corrected chi connectivity index (χ2v) is 9.70. The van der Waals surface area contributed by atoms with Crippen molar-refractivity contribution in [1.82, 2.24) is 0 Å². The van der Waals surface area contributed by atoms with Crippen LogP contribution in [0.2, 0.25) is 0 Å². The van der Waals surface area contributed by atoms with E-state index in [1.54, 1.807) is 46.8 Å². The Morgan fingerprint density at radius 1 is 0.725 bits per heavy atom. The Balaban J connectivity index is -0.0000000544. The molecule has 0 heterocycles. The average Bonchev–Trinajstić information content (AvgIpc) is 2.87. The summed E-state index contributed by atoms with van der Waals surface area (Å²) in [6.45, 7) is 14.7. The first-order valence-corrected chi connectivity index (χ1v) is 14.1. The van der Waals surface area contributed by atoms with Crippen LogP contribution in [0.4, 0.5) is 0 Å². The maximum Gasteiger partial charge on any atom is 0.330 e. The number of aliphatic hydroxyl groups excluding tert-OH is 1. The largest absolute Gasteiger partial charge is 0.478 e. The normalized spacial score (nSPS) is 8.88. The van der Waals surface area contributed by atoms with E-state index in [2.05, 4.69) is 9.47 Å². The van der Waals surface area contributed by atoms with Crippen LogP contribution in [-0.4, -0.2) is 86.3 Å². The first-order valence-electron chi connectivity index (χ1n) is 11.8. The number of aliphatic carboxylic acids is 1. The zero-order valence-electron chi connectivity index (χ0n) is 24.6. The van der Waals surface area contributed by atoms with Gasteiger partial charge in [0.2, 0.25) is 0 Å². The van der Waals surface area contributed by atoms with Gasteiger partial charge in [-0.1, -0.05) is 46.9 Å². The maximum absolute atomic E-state index is 11.7. The van der Waals surface area contributed by atoms with Crippen LogP contribution < -0.4 is 0 Å². The molecule has 0 aliphatic heterocycles. The molecule has 0 rings (SSSR count). The van der Waals surface area contributed by atoms with Gasteiger partial charge in [0.05, 0.1) is 33.6 Å². The lowest BCUT2D eigenvalue weighted by molar-refractivity contribution is -0.140. The van der Waals surface area contributed by atoms with Gasteiger partial charge >= 0.3 is 23.9 Å². The van der Waals surface area contributed by atoms with Crippen molar-refractivity contribution in [1.29, 1.82) is 0 Å². The van der Waals surface area contributed by atoms with Gasteiger partial charge in [-0.25, -0.2) is 14.4 Å². The van der Waals surface area contributed by atoms with Crippen molar-refractivity contribution in [3.05, 3.63) is 36.5 Å². The SMILES string of the molecule is C.C.C/C=C/C(=O)O.C/C=C/C(=O)OC.C/C=C/C(=O)OCC.CC=O.CCOC(=O)CP(=O)(CC)CC.CO. The molecule has 0 amide bonds. The fourth-order valence-electron chi connectivity index (χ4n) is 1.56. The number of carbonyl (C=O) groups is 5. The van der Waals surface area contributed by atoms with E-state index in [0.717, 1.165) is 19.5 Å². The Morgan fingerprint density at radius 2 is 1.07 bits per heavy atom. The van der Waals surface area contributed by atoms with Gasteiger partial charge in [0.15, 0.2) is 0 Å². The molecule has 0 fully saturated rings. The zero-order chi connectivity index (χ0) is 31.4. The fraction of sp³-hybridized carbons (Fsp3) is 0.607. The van der Waals surface area contributed by atoms with E-state index in [0.29, 0.717) is 25.5 Å². The van der Waals surface area contributed by atoms with Crippen molar-refractivity contribution in [2.45, 2.75) is 70.2 Å². The predicted molar refractivity (Wildman–Crippen MR) is 164 cm³/mol. The lowest BCUT2D eigenvalue weighted by Crippen LogP contribution is -2.11. The van der Waals surface area contributed by atoms with Crippen molar-refractivity contribution in [3.63, 3.8) is 0 Å². The number of aliphatic hydroxyl groups is 1. The molecule has 40 heavy (non-hydrogen) atoms. The van der Waals surface area contributed by atoms with Gasteiger partial charge in [-0.3, -0.25) is 4.79 Å². The highest BCUT2D eigenvalue weighted by Gasteiger charge is 2.21. The molecule has 11 nitrogen and oxygen atoms in total. The Kier molecular flexibility index (Phi) is 69.8. The summed E-state index contributed by atoms with van der Waals surface area (Å²) < 4.78 is 25.3. The van der Waals surface area contributed by atoms with Crippen molar-refractivity contribution in [2.24, 2.45) is 0 Å². The summed E-state index contributed by atoms with van der Waals surface area (Å²) in [6.07, 6.45) is 10.6. The van der Waals surface area contributed by atoms with Crippen molar-refractivity contribution < 1.29 is 53.0 Å². The molecule has 12 heteroatoms. The minimum atomic E-state index is -2.24. The molecule has 0 aliphatic rings. The number of hydrogen-bond donors (Lipinski definition) is 2. The highest BCUT2D eigenvalue weighted by atomic mass is 31.2. The van der Waals surface area contributed by atoms with Crippen LogP contribution in [0.15, 0.2) is 36.5 Å².